The standard InChI is InChI=1S/C35H37FN10O3/c1-43(2)27-10-11-46(21-27)34(47)22-4-7-26(8-5-22)39-35(48)41-29-9-6-23(16-28(29)36)32-40-30-17-24(25-19-38-44(3)20-25)18-37-31(30)33(42-32)45-12-14-49-15-13-45/h4-9,16-20,27H,10-15,21H2,1-3H3,(H2,39,41,48). The molecule has 5 heterocycles. The van der Waals surface area contributed by atoms with Crippen molar-refractivity contribution in [3.63, 3.8) is 0 Å². The highest BCUT2D eigenvalue weighted by molar-refractivity contribution is 6.01. The van der Waals surface area contributed by atoms with Gasteiger partial charge in [-0.05, 0) is 69.0 Å². The van der Waals surface area contributed by atoms with Gasteiger partial charge in [-0.25, -0.2) is 19.2 Å². The number of carbonyl (C=O) groups is 2. The van der Waals surface area contributed by atoms with E-state index in [0.717, 1.165) is 17.5 Å². The summed E-state index contributed by atoms with van der Waals surface area (Å²) in [5.74, 6) is 0.290. The van der Waals surface area contributed by atoms with Crippen LogP contribution < -0.4 is 15.5 Å². The molecule has 2 fully saturated rings. The van der Waals surface area contributed by atoms with Gasteiger partial charge in [-0.1, -0.05) is 0 Å². The molecule has 2 saturated heterocycles. The maximum atomic E-state index is 15.5. The Hall–Kier alpha value is -5.47. The van der Waals surface area contributed by atoms with E-state index in [2.05, 4.69) is 25.5 Å². The second kappa shape index (κ2) is 13.6. The number of halogens is 1. The summed E-state index contributed by atoms with van der Waals surface area (Å²) in [5, 5.41) is 9.54. The molecule has 1 unspecified atom stereocenters. The number of morpholine rings is 1. The van der Waals surface area contributed by atoms with Crippen molar-refractivity contribution in [2.75, 3.05) is 69.0 Å². The monoisotopic (exact) mass is 664 g/mol. The summed E-state index contributed by atoms with van der Waals surface area (Å²) in [6, 6.07) is 12.8. The van der Waals surface area contributed by atoms with Crippen LogP contribution >= 0.6 is 0 Å². The molecule has 2 N–H and O–H groups in total. The van der Waals surface area contributed by atoms with Gasteiger partial charge in [0.25, 0.3) is 5.91 Å². The third kappa shape index (κ3) is 6.91. The van der Waals surface area contributed by atoms with E-state index >= 15 is 4.39 Å². The Kier molecular flexibility index (Phi) is 8.89. The summed E-state index contributed by atoms with van der Waals surface area (Å²) in [4.78, 5) is 46.2. The molecule has 2 aromatic carbocycles. The molecule has 13 nitrogen and oxygen atoms in total. The number of amides is 3. The molecule has 0 saturated carbocycles. The zero-order chi connectivity index (χ0) is 34.1. The second-order valence-corrected chi connectivity index (χ2v) is 12.5. The SMILES string of the molecule is CN(C)C1CCN(C(=O)c2ccc(NC(=O)Nc3ccc(-c4nc(N5CCOCC5)c5ncc(-c6cnn(C)c6)cc5n4)cc3F)cc2)C1. The number of benzene rings is 2. The van der Waals surface area contributed by atoms with Crippen LogP contribution in [0.3, 0.4) is 0 Å². The Morgan fingerprint density at radius 2 is 1.73 bits per heavy atom. The number of hydrogen-bond donors (Lipinski definition) is 2. The quantitative estimate of drug-likeness (QED) is 0.258. The molecule has 2 aliphatic rings. The predicted octanol–water partition coefficient (Wildman–Crippen LogP) is 4.49. The number of ether oxygens (including phenoxy) is 1. The number of anilines is 3. The fourth-order valence-electron chi connectivity index (χ4n) is 6.12. The summed E-state index contributed by atoms with van der Waals surface area (Å²) < 4.78 is 22.7. The average Bonchev–Trinajstić information content (AvgIpc) is 3.79. The molecule has 1 atom stereocenters. The summed E-state index contributed by atoms with van der Waals surface area (Å²) in [5.41, 5.74) is 4.45. The minimum atomic E-state index is -0.644. The lowest BCUT2D eigenvalue weighted by Crippen LogP contribution is -2.37. The molecule has 0 aliphatic carbocycles. The zero-order valence-corrected chi connectivity index (χ0v) is 27.6. The van der Waals surface area contributed by atoms with Gasteiger partial charge in [0.1, 0.15) is 11.3 Å². The van der Waals surface area contributed by atoms with Gasteiger partial charge in [-0.2, -0.15) is 5.10 Å². The number of nitrogens with zero attached hydrogens (tertiary/aromatic N) is 8. The fourth-order valence-corrected chi connectivity index (χ4v) is 6.12. The minimum Gasteiger partial charge on any atom is -0.378 e. The van der Waals surface area contributed by atoms with E-state index in [-0.39, 0.29) is 11.6 Å². The molecule has 2 aliphatic heterocycles. The number of nitrogens with one attached hydrogen (secondary N) is 2. The molecule has 3 aromatic heterocycles. The number of hydrogen-bond acceptors (Lipinski definition) is 9. The van der Waals surface area contributed by atoms with E-state index in [1.807, 2.05) is 38.3 Å². The van der Waals surface area contributed by atoms with Gasteiger partial charge in [-0.3, -0.25) is 14.5 Å². The molecule has 252 valence electrons. The smallest absolute Gasteiger partial charge is 0.323 e. The topological polar surface area (TPSA) is 134 Å². The van der Waals surface area contributed by atoms with Crippen LogP contribution in [0.25, 0.3) is 33.5 Å². The fraction of sp³-hybridized carbons (Fsp3) is 0.314. The van der Waals surface area contributed by atoms with Gasteiger partial charge >= 0.3 is 6.03 Å². The number of aromatic nitrogens is 5. The summed E-state index contributed by atoms with van der Waals surface area (Å²) in [7, 11) is 5.88. The third-order valence-corrected chi connectivity index (χ3v) is 8.91. The van der Waals surface area contributed by atoms with Crippen molar-refractivity contribution in [1.82, 2.24) is 34.5 Å². The molecule has 0 spiro atoms. The van der Waals surface area contributed by atoms with Crippen LogP contribution in [0, 0.1) is 5.82 Å². The normalized spacial score (nSPS) is 16.4. The molecular formula is C35H37FN10O3. The van der Waals surface area contributed by atoms with Crippen molar-refractivity contribution in [2.24, 2.45) is 7.05 Å². The first-order chi connectivity index (χ1) is 23.7. The summed E-state index contributed by atoms with van der Waals surface area (Å²) >= 11 is 0. The number of rotatable bonds is 7. The highest BCUT2D eigenvalue weighted by atomic mass is 19.1. The molecule has 7 rings (SSSR count). The number of aryl methyl sites for hydroxylation is 1. The average molecular weight is 665 g/mol. The van der Waals surface area contributed by atoms with Crippen molar-refractivity contribution in [3.05, 3.63) is 78.5 Å². The Labute approximate surface area is 282 Å². The van der Waals surface area contributed by atoms with Gasteiger partial charge in [-0.15, -0.1) is 0 Å². The van der Waals surface area contributed by atoms with E-state index in [9.17, 15) is 9.59 Å². The molecule has 0 bridgehead atoms. The van der Waals surface area contributed by atoms with Crippen LogP contribution in [0.5, 0.6) is 0 Å². The first-order valence-electron chi connectivity index (χ1n) is 16.1. The molecule has 3 amide bonds. The van der Waals surface area contributed by atoms with Gasteiger partial charge in [0.05, 0.1) is 30.6 Å². The maximum absolute atomic E-state index is 15.5. The highest BCUT2D eigenvalue weighted by Gasteiger charge is 2.28. The number of likely N-dealkylation sites (tertiary alicyclic amines) is 1. The number of fused-ring (bicyclic) bond motifs is 1. The number of likely N-dealkylation sites (N-methyl/N-ethyl adjacent to an activating group) is 1. The molecule has 49 heavy (non-hydrogen) atoms. The van der Waals surface area contributed by atoms with Crippen LogP contribution in [0.1, 0.15) is 16.8 Å². The van der Waals surface area contributed by atoms with E-state index in [0.29, 0.717) is 84.9 Å². The number of carbonyl (C=O) groups excluding carboxylic acids is 2. The van der Waals surface area contributed by atoms with E-state index in [1.165, 1.54) is 12.1 Å². The van der Waals surface area contributed by atoms with Crippen molar-refractivity contribution >= 4 is 40.2 Å². The van der Waals surface area contributed by atoms with Gasteiger partial charge in [0.15, 0.2) is 11.6 Å². The van der Waals surface area contributed by atoms with Crippen LogP contribution in [0.4, 0.5) is 26.4 Å². The van der Waals surface area contributed by atoms with E-state index in [4.69, 9.17) is 19.7 Å². The first-order valence-corrected chi connectivity index (χ1v) is 16.1. The maximum Gasteiger partial charge on any atom is 0.323 e. The lowest BCUT2D eigenvalue weighted by Gasteiger charge is -2.28. The molecular weight excluding hydrogens is 627 g/mol. The minimum absolute atomic E-state index is 0.00718. The lowest BCUT2D eigenvalue weighted by atomic mass is 10.1. The second-order valence-electron chi connectivity index (χ2n) is 12.5. The zero-order valence-electron chi connectivity index (χ0n) is 27.6. The van der Waals surface area contributed by atoms with E-state index < -0.39 is 11.8 Å². The van der Waals surface area contributed by atoms with Crippen molar-refractivity contribution in [3.8, 4) is 22.5 Å². The van der Waals surface area contributed by atoms with Crippen LogP contribution in [0.15, 0.2) is 67.1 Å². The van der Waals surface area contributed by atoms with Crippen LogP contribution in [-0.4, -0.2) is 106 Å². The summed E-state index contributed by atoms with van der Waals surface area (Å²) in [6.45, 7) is 3.79. The van der Waals surface area contributed by atoms with Gasteiger partial charge < -0.3 is 30.1 Å². The van der Waals surface area contributed by atoms with Crippen molar-refractivity contribution < 1.29 is 18.7 Å². The molecule has 5 aromatic rings. The largest absolute Gasteiger partial charge is 0.378 e. The van der Waals surface area contributed by atoms with Crippen LogP contribution in [-0.2, 0) is 11.8 Å². The Balaban J connectivity index is 1.07. The van der Waals surface area contributed by atoms with Crippen LogP contribution in [0.2, 0.25) is 0 Å². The highest BCUT2D eigenvalue weighted by Crippen LogP contribution is 2.31. The first kappa shape index (κ1) is 32.1. The van der Waals surface area contributed by atoms with E-state index in [1.54, 1.807) is 47.4 Å². The third-order valence-electron chi connectivity index (χ3n) is 8.91. The van der Waals surface area contributed by atoms with Gasteiger partial charge in [0.2, 0.25) is 0 Å². The predicted molar refractivity (Wildman–Crippen MR) is 185 cm³/mol. The van der Waals surface area contributed by atoms with Crippen molar-refractivity contribution in [2.45, 2.75) is 12.5 Å². The Bertz CT molecular complexity index is 2010. The Morgan fingerprint density at radius 3 is 2.43 bits per heavy atom. The molecule has 0 radical (unpaired) electrons. The lowest BCUT2D eigenvalue weighted by molar-refractivity contribution is 0.0783. The molecule has 14 heteroatoms. The number of pyridine rings is 1. The number of urea groups is 1. The summed E-state index contributed by atoms with van der Waals surface area (Å²) in [6.07, 6.45) is 6.38. The van der Waals surface area contributed by atoms with Crippen molar-refractivity contribution in [1.29, 1.82) is 0 Å². The van der Waals surface area contributed by atoms with Gasteiger partial charge in [0, 0.05) is 79.6 Å². The Morgan fingerprint density at radius 1 is 0.939 bits per heavy atom.